The second-order valence-electron chi connectivity index (χ2n) is 7.65. The zero-order valence-corrected chi connectivity index (χ0v) is 16.7. The lowest BCUT2D eigenvalue weighted by molar-refractivity contribution is -0.136. The molecule has 0 spiro atoms. The van der Waals surface area contributed by atoms with E-state index in [-0.39, 0.29) is 12.5 Å². The highest BCUT2D eigenvalue weighted by molar-refractivity contribution is 6.05. The van der Waals surface area contributed by atoms with Crippen molar-refractivity contribution in [1.82, 2.24) is 9.88 Å². The second kappa shape index (κ2) is 8.07. The molecule has 0 N–H and O–H groups in total. The van der Waals surface area contributed by atoms with Gasteiger partial charge in [-0.2, -0.15) is 0 Å². The van der Waals surface area contributed by atoms with E-state index in [1.807, 2.05) is 43.3 Å². The molecule has 0 radical (unpaired) electrons. The average molecular weight is 392 g/mol. The summed E-state index contributed by atoms with van der Waals surface area (Å²) in [6.45, 7) is 5.17. The molecule has 1 unspecified atom stereocenters. The maximum atomic E-state index is 12.8. The molecule has 1 fully saturated rings. The molecule has 1 atom stereocenters. The maximum absolute atomic E-state index is 12.8. The van der Waals surface area contributed by atoms with E-state index in [0.29, 0.717) is 33.8 Å². The molecule has 1 aromatic carbocycles. The number of rotatable bonds is 4. The van der Waals surface area contributed by atoms with E-state index in [9.17, 15) is 9.59 Å². The predicted octanol–water partition coefficient (Wildman–Crippen LogP) is 4.22. The molecular weight excluding hydrogens is 368 g/mol. The summed E-state index contributed by atoms with van der Waals surface area (Å²) in [5.74, 6) is 1.14. The fourth-order valence-corrected chi connectivity index (χ4v) is 3.75. The van der Waals surface area contributed by atoms with Crippen LogP contribution in [0, 0.1) is 12.8 Å². The summed E-state index contributed by atoms with van der Waals surface area (Å²) in [7, 11) is 0. The number of nitrogens with zero attached hydrogens (tertiary/aromatic N) is 2. The van der Waals surface area contributed by atoms with Crippen LogP contribution in [-0.4, -0.2) is 41.5 Å². The quantitative estimate of drug-likeness (QED) is 0.622. The number of pyridine rings is 1. The number of benzene rings is 1. The van der Waals surface area contributed by atoms with Crippen molar-refractivity contribution in [1.29, 1.82) is 0 Å². The monoisotopic (exact) mass is 392 g/mol. The summed E-state index contributed by atoms with van der Waals surface area (Å²) < 4.78 is 11.1. The van der Waals surface area contributed by atoms with Crippen molar-refractivity contribution in [2.24, 2.45) is 5.92 Å². The van der Waals surface area contributed by atoms with Gasteiger partial charge >= 0.3 is 5.97 Å². The highest BCUT2D eigenvalue weighted by Crippen LogP contribution is 2.26. The van der Waals surface area contributed by atoms with Gasteiger partial charge in [0.1, 0.15) is 11.5 Å². The normalized spacial score (nSPS) is 16.8. The van der Waals surface area contributed by atoms with Crippen LogP contribution in [0.5, 0.6) is 0 Å². The Bertz CT molecular complexity index is 1060. The average Bonchev–Trinajstić information content (AvgIpc) is 3.17. The summed E-state index contributed by atoms with van der Waals surface area (Å²) in [6, 6.07) is 12.7. The van der Waals surface area contributed by atoms with E-state index in [1.165, 1.54) is 0 Å². The van der Waals surface area contributed by atoms with E-state index in [4.69, 9.17) is 9.15 Å². The van der Waals surface area contributed by atoms with Gasteiger partial charge in [-0.25, -0.2) is 9.78 Å². The number of hydrogen-bond donors (Lipinski definition) is 0. The standard InChI is InChI=1S/C23H24N2O4/c1-15-6-5-11-25(13-15)22(26)14-28-23(27)18-12-20(21-10-9-16(2)29-21)24-19-8-4-3-7-17(18)19/h3-4,7-10,12,15H,5-6,11,13-14H2,1-2H3. The van der Waals surface area contributed by atoms with Crippen LogP contribution < -0.4 is 0 Å². The number of carbonyl (C=O) groups is 2. The van der Waals surface area contributed by atoms with Gasteiger partial charge in [-0.05, 0) is 49.9 Å². The van der Waals surface area contributed by atoms with E-state index in [0.717, 1.165) is 31.7 Å². The predicted molar refractivity (Wildman–Crippen MR) is 109 cm³/mol. The smallest absolute Gasteiger partial charge is 0.339 e. The first kappa shape index (κ1) is 19.2. The van der Waals surface area contributed by atoms with Crippen molar-refractivity contribution in [2.75, 3.05) is 19.7 Å². The van der Waals surface area contributed by atoms with Crippen LogP contribution in [0.15, 0.2) is 46.9 Å². The number of likely N-dealkylation sites (tertiary alicyclic amines) is 1. The van der Waals surface area contributed by atoms with Gasteiger partial charge in [0.15, 0.2) is 12.4 Å². The lowest BCUT2D eigenvalue weighted by Gasteiger charge is -2.30. The van der Waals surface area contributed by atoms with E-state index >= 15 is 0 Å². The fraction of sp³-hybridized carbons (Fsp3) is 0.348. The van der Waals surface area contributed by atoms with Crippen LogP contribution in [0.2, 0.25) is 0 Å². The molecule has 2 aromatic heterocycles. The molecule has 29 heavy (non-hydrogen) atoms. The van der Waals surface area contributed by atoms with Gasteiger partial charge in [0.2, 0.25) is 0 Å². The zero-order chi connectivity index (χ0) is 20.4. The van der Waals surface area contributed by atoms with Crippen LogP contribution in [0.4, 0.5) is 0 Å². The van der Waals surface area contributed by atoms with Crippen molar-refractivity contribution < 1.29 is 18.7 Å². The van der Waals surface area contributed by atoms with E-state index in [1.54, 1.807) is 11.0 Å². The molecule has 0 bridgehead atoms. The second-order valence-corrected chi connectivity index (χ2v) is 7.65. The molecule has 4 rings (SSSR count). The first-order chi connectivity index (χ1) is 14.0. The number of para-hydroxylation sites is 1. The number of carbonyl (C=O) groups excluding carboxylic acids is 2. The summed E-state index contributed by atoms with van der Waals surface area (Å²) in [4.78, 5) is 31.7. The molecule has 1 aliphatic heterocycles. The highest BCUT2D eigenvalue weighted by atomic mass is 16.5. The summed E-state index contributed by atoms with van der Waals surface area (Å²) in [6.07, 6.45) is 2.11. The number of amides is 1. The zero-order valence-electron chi connectivity index (χ0n) is 16.7. The Labute approximate surface area is 169 Å². The number of aromatic nitrogens is 1. The molecule has 1 amide bonds. The third-order valence-electron chi connectivity index (χ3n) is 5.27. The van der Waals surface area contributed by atoms with Gasteiger partial charge in [0, 0.05) is 18.5 Å². The Morgan fingerprint density at radius 2 is 2.07 bits per heavy atom. The Balaban J connectivity index is 1.57. The van der Waals surface area contributed by atoms with Gasteiger partial charge in [0.05, 0.1) is 11.1 Å². The molecular formula is C23H24N2O4. The minimum absolute atomic E-state index is 0.148. The molecule has 6 heteroatoms. The van der Waals surface area contributed by atoms with Crippen molar-refractivity contribution >= 4 is 22.8 Å². The Morgan fingerprint density at radius 3 is 2.83 bits per heavy atom. The van der Waals surface area contributed by atoms with Gasteiger partial charge in [-0.1, -0.05) is 25.1 Å². The van der Waals surface area contributed by atoms with Crippen LogP contribution in [0.25, 0.3) is 22.4 Å². The van der Waals surface area contributed by atoms with Crippen molar-refractivity contribution in [3.8, 4) is 11.5 Å². The first-order valence-corrected chi connectivity index (χ1v) is 9.93. The molecule has 3 aromatic rings. The van der Waals surface area contributed by atoms with Gasteiger partial charge < -0.3 is 14.1 Å². The number of piperidine rings is 1. The van der Waals surface area contributed by atoms with Gasteiger partial charge in [-0.15, -0.1) is 0 Å². The molecule has 0 aliphatic carbocycles. The fourth-order valence-electron chi connectivity index (χ4n) is 3.75. The Kier molecular flexibility index (Phi) is 5.34. The third kappa shape index (κ3) is 4.16. The molecule has 150 valence electrons. The largest absolute Gasteiger partial charge is 0.460 e. The molecule has 1 aliphatic rings. The summed E-state index contributed by atoms with van der Waals surface area (Å²) >= 11 is 0. The van der Waals surface area contributed by atoms with Crippen LogP contribution in [0.3, 0.4) is 0 Å². The Hall–Kier alpha value is -3.15. The lowest BCUT2D eigenvalue weighted by atomic mass is 10.0. The maximum Gasteiger partial charge on any atom is 0.339 e. The SMILES string of the molecule is Cc1ccc(-c2cc(C(=O)OCC(=O)N3CCCC(C)C3)c3ccccc3n2)o1. The third-order valence-corrected chi connectivity index (χ3v) is 5.27. The minimum Gasteiger partial charge on any atom is -0.460 e. The van der Waals surface area contributed by atoms with Crippen LogP contribution >= 0.6 is 0 Å². The minimum atomic E-state index is -0.536. The number of furan rings is 1. The Morgan fingerprint density at radius 1 is 1.24 bits per heavy atom. The molecule has 0 saturated carbocycles. The summed E-state index contributed by atoms with van der Waals surface area (Å²) in [5.41, 5.74) is 1.60. The number of ether oxygens (including phenoxy) is 1. The van der Waals surface area contributed by atoms with Crippen LogP contribution in [-0.2, 0) is 9.53 Å². The van der Waals surface area contributed by atoms with Crippen molar-refractivity contribution in [2.45, 2.75) is 26.7 Å². The van der Waals surface area contributed by atoms with Crippen LogP contribution in [0.1, 0.15) is 35.9 Å². The number of fused-ring (bicyclic) bond motifs is 1. The molecule has 6 nitrogen and oxygen atoms in total. The number of hydrogen-bond acceptors (Lipinski definition) is 5. The number of aryl methyl sites for hydroxylation is 1. The van der Waals surface area contributed by atoms with E-state index < -0.39 is 5.97 Å². The van der Waals surface area contributed by atoms with Crippen molar-refractivity contribution in [3.63, 3.8) is 0 Å². The lowest BCUT2D eigenvalue weighted by Crippen LogP contribution is -2.41. The van der Waals surface area contributed by atoms with Gasteiger partial charge in [0.25, 0.3) is 5.91 Å². The van der Waals surface area contributed by atoms with Crippen molar-refractivity contribution in [3.05, 3.63) is 53.8 Å². The molecule has 3 heterocycles. The highest BCUT2D eigenvalue weighted by Gasteiger charge is 2.23. The topological polar surface area (TPSA) is 72.6 Å². The van der Waals surface area contributed by atoms with E-state index in [2.05, 4.69) is 11.9 Å². The molecule has 1 saturated heterocycles. The van der Waals surface area contributed by atoms with Gasteiger partial charge in [-0.3, -0.25) is 4.79 Å². The number of esters is 1. The first-order valence-electron chi connectivity index (χ1n) is 9.93. The summed E-state index contributed by atoms with van der Waals surface area (Å²) in [5, 5.41) is 0.684.